The number of carbonyl (C=O) groups is 1. The number of ether oxygens (including phenoxy) is 3. The Hall–Kier alpha value is -2.64. The van der Waals surface area contributed by atoms with Gasteiger partial charge in [0, 0.05) is 0 Å². The van der Waals surface area contributed by atoms with E-state index in [0.717, 1.165) is 0 Å². The first-order valence-corrected chi connectivity index (χ1v) is 6.30. The number of aromatic nitrogens is 4. The molecule has 0 atom stereocenters. The maximum atomic E-state index is 12.0. The summed E-state index contributed by atoms with van der Waals surface area (Å²) in [6.07, 6.45) is 0. The fourth-order valence-corrected chi connectivity index (χ4v) is 1.70. The highest BCUT2D eigenvalue weighted by atomic mass is 16.5. The van der Waals surface area contributed by atoms with Crippen molar-refractivity contribution in [2.45, 2.75) is 13.8 Å². The second-order valence-corrected chi connectivity index (χ2v) is 4.06. The Bertz CT molecular complexity index is 631. The molecule has 0 bridgehead atoms. The van der Waals surface area contributed by atoms with E-state index in [4.69, 9.17) is 14.2 Å². The summed E-state index contributed by atoms with van der Waals surface area (Å²) in [6.45, 7) is 3.76. The fraction of sp³-hybridized carbons (Fsp3) is 0.385. The molecule has 2 rings (SSSR count). The molecule has 21 heavy (non-hydrogen) atoms. The first-order chi connectivity index (χ1) is 10.1. The third-order valence-electron chi connectivity index (χ3n) is 2.59. The van der Waals surface area contributed by atoms with Crippen molar-refractivity contribution in [1.82, 2.24) is 19.7 Å². The van der Waals surface area contributed by atoms with E-state index in [9.17, 15) is 4.79 Å². The van der Waals surface area contributed by atoms with Crippen molar-refractivity contribution in [3.63, 3.8) is 0 Å². The van der Waals surface area contributed by atoms with Gasteiger partial charge < -0.3 is 14.2 Å². The van der Waals surface area contributed by atoms with Crippen LogP contribution in [0.4, 0.5) is 0 Å². The molecular formula is C13H16N4O4. The molecule has 8 nitrogen and oxygen atoms in total. The van der Waals surface area contributed by atoms with Gasteiger partial charge in [0.15, 0.2) is 5.69 Å². The number of rotatable bonds is 5. The summed E-state index contributed by atoms with van der Waals surface area (Å²) < 4.78 is 16.5. The summed E-state index contributed by atoms with van der Waals surface area (Å²) in [7, 11) is 2.96. The van der Waals surface area contributed by atoms with E-state index in [0.29, 0.717) is 17.5 Å². The zero-order chi connectivity index (χ0) is 15.4. The van der Waals surface area contributed by atoms with Gasteiger partial charge in [0.2, 0.25) is 11.8 Å². The number of hydrogen-bond acceptors (Lipinski definition) is 7. The van der Waals surface area contributed by atoms with E-state index in [2.05, 4.69) is 15.1 Å². The summed E-state index contributed by atoms with van der Waals surface area (Å²) in [6, 6.07) is 3.14. The summed E-state index contributed by atoms with van der Waals surface area (Å²) in [5.41, 5.74) is 0.882. The molecule has 0 aromatic carbocycles. The fourth-order valence-electron chi connectivity index (χ4n) is 1.70. The molecule has 0 spiro atoms. The number of hydrogen-bond donors (Lipinski definition) is 0. The van der Waals surface area contributed by atoms with E-state index in [1.807, 2.05) is 0 Å². The minimum absolute atomic E-state index is 0.169. The molecule has 2 aromatic rings. The Morgan fingerprint density at radius 3 is 2.33 bits per heavy atom. The van der Waals surface area contributed by atoms with Gasteiger partial charge in [-0.3, -0.25) is 0 Å². The van der Waals surface area contributed by atoms with Crippen LogP contribution in [0.1, 0.15) is 23.1 Å². The van der Waals surface area contributed by atoms with Gasteiger partial charge in [-0.25, -0.2) is 4.79 Å². The molecule has 0 amide bonds. The van der Waals surface area contributed by atoms with Crippen molar-refractivity contribution >= 4 is 5.97 Å². The third kappa shape index (κ3) is 3.10. The van der Waals surface area contributed by atoms with Crippen molar-refractivity contribution in [3.05, 3.63) is 23.5 Å². The molecule has 0 radical (unpaired) electrons. The van der Waals surface area contributed by atoms with Crippen LogP contribution in [-0.4, -0.2) is 46.5 Å². The van der Waals surface area contributed by atoms with Crippen molar-refractivity contribution < 1.29 is 19.0 Å². The molecule has 0 aliphatic carbocycles. The third-order valence-corrected chi connectivity index (χ3v) is 2.59. The quantitative estimate of drug-likeness (QED) is 0.764. The van der Waals surface area contributed by atoms with Gasteiger partial charge in [-0.05, 0) is 19.9 Å². The minimum atomic E-state index is -0.497. The van der Waals surface area contributed by atoms with E-state index < -0.39 is 5.97 Å². The summed E-state index contributed by atoms with van der Waals surface area (Å²) in [5, 5.41) is 4.21. The van der Waals surface area contributed by atoms with Crippen LogP contribution < -0.4 is 9.47 Å². The molecule has 0 unspecified atom stereocenters. The largest absolute Gasteiger partial charge is 0.481 e. The molecule has 8 heteroatoms. The number of carbonyl (C=O) groups excluding carboxylic acids is 1. The van der Waals surface area contributed by atoms with Gasteiger partial charge >= 0.3 is 5.97 Å². The first kappa shape index (κ1) is 14.8. The van der Waals surface area contributed by atoms with E-state index in [1.54, 1.807) is 19.9 Å². The van der Waals surface area contributed by atoms with Gasteiger partial charge in [-0.2, -0.15) is 19.7 Å². The standard InChI is InChI=1S/C13H16N4O4/c1-5-21-12(18)9-6-8(2)16-17(9)13-14-10(19-3)7-11(15-13)20-4/h6-7H,5H2,1-4H3. The molecule has 0 aliphatic rings. The molecule has 0 fully saturated rings. The van der Waals surface area contributed by atoms with Crippen LogP contribution in [0.3, 0.4) is 0 Å². The van der Waals surface area contributed by atoms with Gasteiger partial charge in [0.25, 0.3) is 5.95 Å². The Kier molecular flexibility index (Phi) is 4.36. The van der Waals surface area contributed by atoms with Crippen molar-refractivity contribution in [3.8, 4) is 17.7 Å². The summed E-state index contributed by atoms with van der Waals surface area (Å²) >= 11 is 0. The SMILES string of the molecule is CCOC(=O)c1cc(C)nn1-c1nc(OC)cc(OC)n1. The maximum Gasteiger partial charge on any atom is 0.357 e. The van der Waals surface area contributed by atoms with Gasteiger partial charge in [0.05, 0.1) is 32.6 Å². The highest BCUT2D eigenvalue weighted by Crippen LogP contribution is 2.18. The number of nitrogens with zero attached hydrogens (tertiary/aromatic N) is 4. The lowest BCUT2D eigenvalue weighted by atomic mass is 10.4. The van der Waals surface area contributed by atoms with E-state index in [1.165, 1.54) is 25.0 Å². The number of aryl methyl sites for hydroxylation is 1. The molecule has 0 N–H and O–H groups in total. The topological polar surface area (TPSA) is 88.4 Å². The zero-order valence-corrected chi connectivity index (χ0v) is 12.3. The first-order valence-electron chi connectivity index (χ1n) is 6.30. The smallest absolute Gasteiger partial charge is 0.357 e. The number of esters is 1. The molecule has 112 valence electrons. The van der Waals surface area contributed by atoms with Gasteiger partial charge in [-0.15, -0.1) is 0 Å². The Morgan fingerprint density at radius 1 is 1.19 bits per heavy atom. The molecule has 2 heterocycles. The summed E-state index contributed by atoms with van der Waals surface area (Å²) in [4.78, 5) is 20.3. The molecule has 0 saturated carbocycles. The minimum Gasteiger partial charge on any atom is -0.481 e. The predicted molar refractivity (Wildman–Crippen MR) is 73.0 cm³/mol. The molecule has 2 aromatic heterocycles. The zero-order valence-electron chi connectivity index (χ0n) is 12.3. The molecule has 0 aliphatic heterocycles. The number of methoxy groups -OCH3 is 2. The van der Waals surface area contributed by atoms with Gasteiger partial charge in [-0.1, -0.05) is 0 Å². The molecular weight excluding hydrogens is 276 g/mol. The van der Waals surface area contributed by atoms with E-state index >= 15 is 0 Å². The lowest BCUT2D eigenvalue weighted by Crippen LogP contribution is -2.14. The molecule has 0 saturated heterocycles. The highest BCUT2D eigenvalue weighted by molar-refractivity contribution is 5.88. The maximum absolute atomic E-state index is 12.0. The van der Waals surface area contributed by atoms with Crippen LogP contribution in [-0.2, 0) is 4.74 Å². The van der Waals surface area contributed by atoms with Crippen LogP contribution in [0.25, 0.3) is 5.95 Å². The summed E-state index contributed by atoms with van der Waals surface area (Å²) in [5.74, 6) is 0.283. The van der Waals surface area contributed by atoms with Crippen molar-refractivity contribution in [2.75, 3.05) is 20.8 Å². The van der Waals surface area contributed by atoms with Crippen LogP contribution in [0.15, 0.2) is 12.1 Å². The Balaban J connectivity index is 2.53. The lowest BCUT2D eigenvalue weighted by Gasteiger charge is -2.08. The van der Waals surface area contributed by atoms with Crippen LogP contribution >= 0.6 is 0 Å². The predicted octanol–water partition coefficient (Wildman–Crippen LogP) is 1.16. The highest BCUT2D eigenvalue weighted by Gasteiger charge is 2.19. The monoisotopic (exact) mass is 292 g/mol. The lowest BCUT2D eigenvalue weighted by molar-refractivity contribution is 0.0515. The van der Waals surface area contributed by atoms with Crippen molar-refractivity contribution in [1.29, 1.82) is 0 Å². The normalized spacial score (nSPS) is 10.3. The second-order valence-electron chi connectivity index (χ2n) is 4.06. The van der Waals surface area contributed by atoms with E-state index in [-0.39, 0.29) is 18.2 Å². The average Bonchev–Trinajstić information content (AvgIpc) is 2.89. The van der Waals surface area contributed by atoms with Crippen LogP contribution in [0, 0.1) is 6.92 Å². The van der Waals surface area contributed by atoms with Crippen molar-refractivity contribution in [2.24, 2.45) is 0 Å². The Labute approximate surface area is 121 Å². The van der Waals surface area contributed by atoms with Crippen LogP contribution in [0.2, 0.25) is 0 Å². The van der Waals surface area contributed by atoms with Crippen LogP contribution in [0.5, 0.6) is 11.8 Å². The average molecular weight is 292 g/mol. The van der Waals surface area contributed by atoms with Gasteiger partial charge in [0.1, 0.15) is 0 Å². The Morgan fingerprint density at radius 2 is 1.81 bits per heavy atom. The second kappa shape index (κ2) is 6.21.